The molecule has 3 rings (SSSR count). The van der Waals surface area contributed by atoms with Crippen molar-refractivity contribution < 1.29 is 14.3 Å². The van der Waals surface area contributed by atoms with E-state index >= 15 is 0 Å². The van der Waals surface area contributed by atoms with Gasteiger partial charge in [-0.1, -0.05) is 38.1 Å². The molecule has 0 unspecified atom stereocenters. The number of rotatable bonds is 5. The Kier molecular flexibility index (Phi) is 5.26. The van der Waals surface area contributed by atoms with E-state index in [1.807, 2.05) is 38.1 Å². The predicted octanol–water partition coefficient (Wildman–Crippen LogP) is 3.04. The number of hydrogen-bond donors (Lipinski definition) is 1. The molecule has 0 spiro atoms. The molecule has 1 N–H and O–H groups in total. The van der Waals surface area contributed by atoms with Crippen molar-refractivity contribution in [3.63, 3.8) is 0 Å². The summed E-state index contributed by atoms with van der Waals surface area (Å²) in [7, 11) is 1.56. The Labute approximate surface area is 154 Å². The Hall–Kier alpha value is -2.82. The highest BCUT2D eigenvalue weighted by Crippen LogP contribution is 2.28. The van der Waals surface area contributed by atoms with E-state index in [9.17, 15) is 9.59 Å². The smallest absolute Gasteiger partial charge is 0.252 e. The van der Waals surface area contributed by atoms with E-state index in [1.165, 1.54) is 5.56 Å². The molecule has 1 aliphatic heterocycles. The van der Waals surface area contributed by atoms with E-state index < -0.39 is 6.04 Å². The number of ether oxygens (including phenoxy) is 1. The second-order valence-electron chi connectivity index (χ2n) is 6.80. The van der Waals surface area contributed by atoms with Gasteiger partial charge in [0.05, 0.1) is 7.11 Å². The van der Waals surface area contributed by atoms with Crippen molar-refractivity contribution in [2.75, 3.05) is 18.6 Å². The van der Waals surface area contributed by atoms with Gasteiger partial charge < -0.3 is 15.0 Å². The molecule has 0 bridgehead atoms. The number of amides is 2. The van der Waals surface area contributed by atoms with Crippen molar-refractivity contribution in [2.45, 2.75) is 26.3 Å². The molecule has 0 saturated heterocycles. The lowest BCUT2D eigenvalue weighted by Gasteiger charge is -2.27. The number of fused-ring (bicyclic) bond motifs is 1. The van der Waals surface area contributed by atoms with E-state index in [0.717, 1.165) is 12.1 Å². The van der Waals surface area contributed by atoms with Crippen molar-refractivity contribution in [3.8, 4) is 5.75 Å². The summed E-state index contributed by atoms with van der Waals surface area (Å²) in [5.41, 5.74) is 2.59. The highest BCUT2D eigenvalue weighted by atomic mass is 16.5. The maximum Gasteiger partial charge on any atom is 0.252 e. The van der Waals surface area contributed by atoms with Gasteiger partial charge in [-0.25, -0.2) is 0 Å². The van der Waals surface area contributed by atoms with Gasteiger partial charge in [-0.15, -0.1) is 0 Å². The SMILES string of the molecule is COc1cccc(C(=O)N[C@H](C(=O)N2CCc3ccccc32)C(C)C)c1. The summed E-state index contributed by atoms with van der Waals surface area (Å²) in [5.74, 6) is 0.244. The third-order valence-electron chi connectivity index (χ3n) is 4.70. The molecule has 2 amide bonds. The van der Waals surface area contributed by atoms with Crippen LogP contribution in [0.1, 0.15) is 29.8 Å². The average Bonchev–Trinajstić information content (AvgIpc) is 3.09. The first-order valence-corrected chi connectivity index (χ1v) is 8.85. The number of hydrogen-bond acceptors (Lipinski definition) is 3. The Bertz CT molecular complexity index is 816. The van der Waals surface area contributed by atoms with Crippen molar-refractivity contribution in [1.82, 2.24) is 5.32 Å². The maximum atomic E-state index is 13.1. The summed E-state index contributed by atoms with van der Waals surface area (Å²) in [4.78, 5) is 27.6. The normalized spacial score (nSPS) is 14.1. The molecular weight excluding hydrogens is 328 g/mol. The van der Waals surface area contributed by atoms with Crippen LogP contribution in [0.5, 0.6) is 5.75 Å². The van der Waals surface area contributed by atoms with Crippen molar-refractivity contribution >= 4 is 17.5 Å². The summed E-state index contributed by atoms with van der Waals surface area (Å²) in [5, 5.41) is 2.91. The third kappa shape index (κ3) is 3.57. The number of anilines is 1. The van der Waals surface area contributed by atoms with Crippen molar-refractivity contribution in [3.05, 3.63) is 59.7 Å². The summed E-state index contributed by atoms with van der Waals surface area (Å²) < 4.78 is 5.17. The first-order chi connectivity index (χ1) is 12.5. The quantitative estimate of drug-likeness (QED) is 0.900. The molecule has 0 aromatic heterocycles. The number of carbonyl (C=O) groups is 2. The molecule has 5 nitrogen and oxygen atoms in total. The molecule has 136 valence electrons. The minimum Gasteiger partial charge on any atom is -0.497 e. The van der Waals surface area contributed by atoms with E-state index in [2.05, 4.69) is 5.32 Å². The number of nitrogens with one attached hydrogen (secondary N) is 1. The lowest BCUT2D eigenvalue weighted by molar-refractivity contribution is -0.121. The van der Waals surface area contributed by atoms with Crippen LogP contribution < -0.4 is 15.0 Å². The first kappa shape index (κ1) is 18.0. The van der Waals surface area contributed by atoms with E-state index in [-0.39, 0.29) is 17.7 Å². The molecule has 0 radical (unpaired) electrons. The first-order valence-electron chi connectivity index (χ1n) is 8.85. The molecule has 26 heavy (non-hydrogen) atoms. The van der Waals surface area contributed by atoms with Gasteiger partial charge in [0, 0.05) is 17.8 Å². The highest BCUT2D eigenvalue weighted by molar-refractivity contribution is 6.03. The Balaban J connectivity index is 1.79. The summed E-state index contributed by atoms with van der Waals surface area (Å²) in [6.45, 7) is 4.53. The van der Waals surface area contributed by atoms with Gasteiger partial charge >= 0.3 is 0 Å². The fourth-order valence-corrected chi connectivity index (χ4v) is 3.24. The molecular formula is C21H24N2O3. The zero-order valence-electron chi connectivity index (χ0n) is 15.4. The average molecular weight is 352 g/mol. The highest BCUT2D eigenvalue weighted by Gasteiger charge is 2.32. The van der Waals surface area contributed by atoms with Crippen LogP contribution in [0.25, 0.3) is 0 Å². The Morgan fingerprint density at radius 2 is 1.88 bits per heavy atom. The fraction of sp³-hybridized carbons (Fsp3) is 0.333. The summed E-state index contributed by atoms with van der Waals surface area (Å²) >= 11 is 0. The van der Waals surface area contributed by atoms with Gasteiger partial charge in [0.15, 0.2) is 0 Å². The number of nitrogens with zero attached hydrogens (tertiary/aromatic N) is 1. The lowest BCUT2D eigenvalue weighted by Crippen LogP contribution is -2.51. The molecule has 0 aliphatic carbocycles. The van der Waals surface area contributed by atoms with E-state index in [1.54, 1.807) is 36.3 Å². The zero-order chi connectivity index (χ0) is 18.7. The Morgan fingerprint density at radius 3 is 2.62 bits per heavy atom. The van der Waals surface area contributed by atoms with Gasteiger partial charge in [-0.05, 0) is 42.2 Å². The standard InChI is InChI=1S/C21H24N2O3/c1-14(2)19(22-20(24)16-8-6-9-17(13-16)26-3)21(25)23-12-11-15-7-4-5-10-18(15)23/h4-10,13-14,19H,11-12H2,1-3H3,(H,22,24)/t19-/m0/s1. The van der Waals surface area contributed by atoms with Crippen LogP contribution in [0.4, 0.5) is 5.69 Å². The monoisotopic (exact) mass is 352 g/mol. The van der Waals surface area contributed by atoms with Gasteiger partial charge in [0.2, 0.25) is 5.91 Å². The minimum atomic E-state index is -0.583. The van der Waals surface area contributed by atoms with Crippen LogP contribution in [-0.4, -0.2) is 31.5 Å². The third-order valence-corrected chi connectivity index (χ3v) is 4.70. The molecule has 0 fully saturated rings. The molecule has 2 aromatic carbocycles. The van der Waals surface area contributed by atoms with Crippen LogP contribution in [0.3, 0.4) is 0 Å². The second kappa shape index (κ2) is 7.60. The van der Waals surface area contributed by atoms with Gasteiger partial charge in [0.25, 0.3) is 5.91 Å². The largest absolute Gasteiger partial charge is 0.497 e. The Morgan fingerprint density at radius 1 is 1.12 bits per heavy atom. The molecule has 1 heterocycles. The zero-order valence-corrected chi connectivity index (χ0v) is 15.4. The van der Waals surface area contributed by atoms with Crippen molar-refractivity contribution in [1.29, 1.82) is 0 Å². The summed E-state index contributed by atoms with van der Waals surface area (Å²) in [6, 6.07) is 14.3. The molecule has 2 aromatic rings. The van der Waals surface area contributed by atoms with Crippen LogP contribution in [-0.2, 0) is 11.2 Å². The van der Waals surface area contributed by atoms with Crippen LogP contribution in [0, 0.1) is 5.92 Å². The minimum absolute atomic E-state index is 0.0233. The van der Waals surface area contributed by atoms with E-state index in [4.69, 9.17) is 4.74 Å². The lowest BCUT2D eigenvalue weighted by atomic mass is 10.0. The molecule has 1 aliphatic rings. The van der Waals surface area contributed by atoms with Gasteiger partial charge in [-0.2, -0.15) is 0 Å². The number of para-hydroxylation sites is 1. The summed E-state index contributed by atoms with van der Waals surface area (Å²) in [6.07, 6.45) is 0.844. The second-order valence-corrected chi connectivity index (χ2v) is 6.80. The van der Waals surface area contributed by atoms with Crippen molar-refractivity contribution in [2.24, 2.45) is 5.92 Å². The number of carbonyl (C=O) groups excluding carboxylic acids is 2. The molecule has 0 saturated carbocycles. The van der Waals surface area contributed by atoms with E-state index in [0.29, 0.717) is 17.9 Å². The van der Waals surface area contributed by atoms with Crippen LogP contribution >= 0.6 is 0 Å². The molecule has 5 heteroatoms. The van der Waals surface area contributed by atoms with Crippen LogP contribution in [0.2, 0.25) is 0 Å². The molecule has 1 atom stereocenters. The number of benzene rings is 2. The topological polar surface area (TPSA) is 58.6 Å². The predicted molar refractivity (Wildman–Crippen MR) is 102 cm³/mol. The van der Waals surface area contributed by atoms with Crippen LogP contribution in [0.15, 0.2) is 48.5 Å². The maximum absolute atomic E-state index is 13.1. The number of methoxy groups -OCH3 is 1. The fourth-order valence-electron chi connectivity index (χ4n) is 3.24. The van der Waals surface area contributed by atoms with Gasteiger partial charge in [-0.3, -0.25) is 9.59 Å². The van der Waals surface area contributed by atoms with Gasteiger partial charge in [0.1, 0.15) is 11.8 Å².